The van der Waals surface area contributed by atoms with Crippen LogP contribution in [0, 0.1) is 11.7 Å². The van der Waals surface area contributed by atoms with Gasteiger partial charge >= 0.3 is 5.97 Å². The third-order valence-corrected chi connectivity index (χ3v) is 8.34. The molecule has 0 spiro atoms. The molecule has 0 saturated heterocycles. The molecule has 2 aliphatic carbocycles. The van der Waals surface area contributed by atoms with E-state index in [1.165, 1.54) is 11.0 Å². The lowest BCUT2D eigenvalue weighted by Crippen LogP contribution is -2.40. The van der Waals surface area contributed by atoms with E-state index in [0.29, 0.717) is 28.9 Å². The highest BCUT2D eigenvalue weighted by atomic mass is 19.1. The summed E-state index contributed by atoms with van der Waals surface area (Å²) in [5.41, 5.74) is 4.22. The third-order valence-electron chi connectivity index (χ3n) is 8.34. The lowest BCUT2D eigenvalue weighted by Gasteiger charge is -2.36. The van der Waals surface area contributed by atoms with Crippen molar-refractivity contribution in [2.45, 2.75) is 50.2 Å². The number of carboxylic acids is 1. The first-order valence-corrected chi connectivity index (χ1v) is 13.3. The SMILES string of the molecule is C[C@@H]1c2ccccc2[C@H](F)CN1C(=O)c1cc(C2CC2)n2nc(-c3ccc([C@H]4C[C@@H]4C(=O)O)cc3F)cc2n1. The number of alkyl halides is 1. The summed E-state index contributed by atoms with van der Waals surface area (Å²) in [5.74, 6) is -2.10. The van der Waals surface area contributed by atoms with Gasteiger partial charge in [0.15, 0.2) is 5.65 Å². The molecule has 1 amide bonds. The van der Waals surface area contributed by atoms with Gasteiger partial charge in [-0.25, -0.2) is 18.3 Å². The van der Waals surface area contributed by atoms with Crippen molar-refractivity contribution >= 4 is 17.5 Å². The number of fused-ring (bicyclic) bond motifs is 2. The van der Waals surface area contributed by atoms with Crippen molar-refractivity contribution in [2.75, 3.05) is 6.54 Å². The van der Waals surface area contributed by atoms with Gasteiger partial charge in [0.05, 0.1) is 24.2 Å². The van der Waals surface area contributed by atoms with Crippen LogP contribution in [0.25, 0.3) is 16.9 Å². The molecule has 3 aliphatic rings. The van der Waals surface area contributed by atoms with Crippen molar-refractivity contribution in [3.63, 3.8) is 0 Å². The van der Waals surface area contributed by atoms with Crippen molar-refractivity contribution in [3.8, 4) is 11.3 Å². The molecule has 9 heteroatoms. The second kappa shape index (κ2) is 8.69. The molecule has 4 atom stereocenters. The molecule has 7 rings (SSSR count). The molecular weight excluding hydrogens is 502 g/mol. The number of carboxylic acid groups (broad SMARTS) is 1. The van der Waals surface area contributed by atoms with Crippen molar-refractivity contribution in [1.82, 2.24) is 19.5 Å². The standard InChI is InChI=1S/C30H26F2N4O3/c1-15-18-4-2-3-5-19(18)24(32)14-35(15)29(37)26-12-27(16-6-7-16)36-28(33-26)13-25(34-36)20-9-8-17(10-23(20)31)21-11-22(21)30(38)39/h2-5,8-10,12-13,15-16,21-22,24H,6-7,11,14H2,1H3,(H,38,39)/t15-,21-,22+,24-/m1/s1. The van der Waals surface area contributed by atoms with Gasteiger partial charge in [0.2, 0.25) is 0 Å². The lowest BCUT2D eigenvalue weighted by atomic mass is 9.92. The summed E-state index contributed by atoms with van der Waals surface area (Å²) in [6.45, 7) is 1.85. The predicted octanol–water partition coefficient (Wildman–Crippen LogP) is 5.83. The summed E-state index contributed by atoms with van der Waals surface area (Å²) in [4.78, 5) is 31.0. The minimum Gasteiger partial charge on any atom is -0.481 e. The average molecular weight is 529 g/mol. The second-order valence-corrected chi connectivity index (χ2v) is 10.9. The Bertz CT molecular complexity index is 1660. The van der Waals surface area contributed by atoms with Crippen LogP contribution < -0.4 is 0 Å². The molecule has 198 valence electrons. The van der Waals surface area contributed by atoms with E-state index in [1.54, 1.807) is 40.9 Å². The molecule has 39 heavy (non-hydrogen) atoms. The summed E-state index contributed by atoms with van der Waals surface area (Å²) in [6.07, 6.45) is 1.15. The van der Waals surface area contributed by atoms with E-state index >= 15 is 8.78 Å². The number of amides is 1. The van der Waals surface area contributed by atoms with Crippen LogP contribution in [0.2, 0.25) is 0 Å². The molecule has 0 unspecified atom stereocenters. The number of carbonyl (C=O) groups excluding carboxylic acids is 1. The number of hydrogen-bond donors (Lipinski definition) is 1. The van der Waals surface area contributed by atoms with Crippen LogP contribution in [0.15, 0.2) is 54.6 Å². The molecule has 0 bridgehead atoms. The van der Waals surface area contributed by atoms with E-state index in [2.05, 4.69) is 10.1 Å². The highest BCUT2D eigenvalue weighted by Crippen LogP contribution is 2.48. The predicted molar refractivity (Wildman–Crippen MR) is 139 cm³/mol. The van der Waals surface area contributed by atoms with Gasteiger partial charge in [-0.2, -0.15) is 5.10 Å². The maximum atomic E-state index is 15.2. The largest absolute Gasteiger partial charge is 0.481 e. The third kappa shape index (κ3) is 3.99. The van der Waals surface area contributed by atoms with Crippen LogP contribution >= 0.6 is 0 Å². The summed E-state index contributed by atoms with van der Waals surface area (Å²) in [7, 11) is 0. The number of hydrogen-bond acceptors (Lipinski definition) is 4. The van der Waals surface area contributed by atoms with Gasteiger partial charge in [-0.3, -0.25) is 9.59 Å². The molecule has 7 nitrogen and oxygen atoms in total. The fraction of sp³-hybridized carbons (Fsp3) is 0.333. The van der Waals surface area contributed by atoms with Gasteiger partial charge in [0.1, 0.15) is 17.7 Å². The molecule has 2 aromatic heterocycles. The quantitative estimate of drug-likeness (QED) is 0.352. The topological polar surface area (TPSA) is 87.8 Å². The summed E-state index contributed by atoms with van der Waals surface area (Å²) >= 11 is 0. The number of carbonyl (C=O) groups is 2. The van der Waals surface area contributed by atoms with Crippen molar-refractivity contribution in [1.29, 1.82) is 0 Å². The Hall–Kier alpha value is -4.14. The van der Waals surface area contributed by atoms with Crippen LogP contribution in [0.3, 0.4) is 0 Å². The van der Waals surface area contributed by atoms with E-state index in [1.807, 2.05) is 19.1 Å². The van der Waals surface area contributed by atoms with Crippen LogP contribution in [0.4, 0.5) is 8.78 Å². The molecule has 1 aliphatic heterocycles. The zero-order chi connectivity index (χ0) is 27.0. The number of aliphatic carboxylic acids is 1. The first-order valence-electron chi connectivity index (χ1n) is 13.3. The van der Waals surface area contributed by atoms with Gasteiger partial charge in [-0.05, 0) is 67.0 Å². The van der Waals surface area contributed by atoms with E-state index in [9.17, 15) is 14.7 Å². The number of benzene rings is 2. The highest BCUT2D eigenvalue weighted by molar-refractivity contribution is 5.93. The molecule has 1 N–H and O–H groups in total. The first kappa shape index (κ1) is 23.9. The second-order valence-electron chi connectivity index (χ2n) is 10.9. The Balaban J connectivity index is 1.24. The minimum atomic E-state index is -1.28. The van der Waals surface area contributed by atoms with Crippen LogP contribution in [0.5, 0.6) is 0 Å². The summed E-state index contributed by atoms with van der Waals surface area (Å²) in [5, 5.41) is 13.8. The smallest absolute Gasteiger partial charge is 0.307 e. The van der Waals surface area contributed by atoms with Gasteiger partial charge in [0.25, 0.3) is 5.91 Å². The molecule has 4 aromatic rings. The molecule has 2 fully saturated rings. The molecule has 2 saturated carbocycles. The zero-order valence-corrected chi connectivity index (χ0v) is 21.2. The lowest BCUT2D eigenvalue weighted by molar-refractivity contribution is -0.138. The molecule has 0 radical (unpaired) electrons. The van der Waals surface area contributed by atoms with Crippen molar-refractivity contribution in [3.05, 3.63) is 88.5 Å². The highest BCUT2D eigenvalue weighted by Gasteiger charge is 2.44. The summed E-state index contributed by atoms with van der Waals surface area (Å²) in [6, 6.07) is 15.1. The van der Waals surface area contributed by atoms with E-state index in [-0.39, 0.29) is 41.6 Å². The Morgan fingerprint density at radius 1 is 1.05 bits per heavy atom. The Morgan fingerprint density at radius 2 is 1.82 bits per heavy atom. The van der Waals surface area contributed by atoms with E-state index in [4.69, 9.17) is 0 Å². The number of rotatable bonds is 5. The van der Waals surface area contributed by atoms with Crippen molar-refractivity contribution in [2.24, 2.45) is 5.92 Å². The summed E-state index contributed by atoms with van der Waals surface area (Å²) < 4.78 is 31.9. The molecule has 3 heterocycles. The Kier molecular flexibility index (Phi) is 5.33. The van der Waals surface area contributed by atoms with Gasteiger partial charge < -0.3 is 10.0 Å². The van der Waals surface area contributed by atoms with Crippen molar-refractivity contribution < 1.29 is 23.5 Å². The molecule has 2 aromatic carbocycles. The fourth-order valence-corrected chi connectivity index (χ4v) is 5.89. The number of nitrogens with zero attached hydrogens (tertiary/aromatic N) is 4. The Morgan fingerprint density at radius 3 is 2.51 bits per heavy atom. The van der Waals surface area contributed by atoms with Crippen LogP contribution in [-0.2, 0) is 4.79 Å². The van der Waals surface area contributed by atoms with Gasteiger partial charge in [-0.15, -0.1) is 0 Å². The maximum absolute atomic E-state index is 15.2. The van der Waals surface area contributed by atoms with E-state index in [0.717, 1.165) is 24.1 Å². The van der Waals surface area contributed by atoms with Crippen LogP contribution in [0.1, 0.15) is 83.1 Å². The maximum Gasteiger partial charge on any atom is 0.307 e. The normalized spacial score (nSPS) is 24.0. The Labute approximate surface area is 223 Å². The zero-order valence-electron chi connectivity index (χ0n) is 21.2. The van der Waals surface area contributed by atoms with Gasteiger partial charge in [-0.1, -0.05) is 30.3 Å². The average Bonchev–Trinajstić information content (AvgIpc) is 3.86. The molecular formula is C30H26F2N4O3. The van der Waals surface area contributed by atoms with E-state index < -0.39 is 23.9 Å². The monoisotopic (exact) mass is 528 g/mol. The minimum absolute atomic E-state index is 0.0472. The van der Waals surface area contributed by atoms with Gasteiger partial charge in [0, 0.05) is 23.2 Å². The number of aromatic nitrogens is 3. The van der Waals surface area contributed by atoms with Crippen LogP contribution in [-0.4, -0.2) is 43.0 Å². The number of halogens is 2. The fourth-order valence-electron chi connectivity index (χ4n) is 5.89. The first-order chi connectivity index (χ1) is 18.8.